The summed E-state index contributed by atoms with van der Waals surface area (Å²) in [5.74, 6) is 0. The molecular formula is C5H7ClN4O2S. The molecule has 1 heterocycles. The van der Waals surface area contributed by atoms with Crippen LogP contribution in [0.3, 0.4) is 0 Å². The summed E-state index contributed by atoms with van der Waals surface area (Å²) < 4.78 is 20.9. The summed E-state index contributed by atoms with van der Waals surface area (Å²) in [5.41, 5.74) is 2.70. The first-order chi connectivity index (χ1) is 5.99. The Balaban J connectivity index is 2.71. The molecule has 1 rings (SSSR count). The molecule has 0 aliphatic rings. The summed E-state index contributed by atoms with van der Waals surface area (Å²) in [7, 11) is -3.78. The number of hydrogen-bond acceptors (Lipinski definition) is 4. The van der Waals surface area contributed by atoms with E-state index in [1.807, 2.05) is 4.83 Å². The van der Waals surface area contributed by atoms with Gasteiger partial charge in [0.25, 0.3) is 10.2 Å². The molecule has 0 aliphatic carbocycles. The zero-order valence-electron chi connectivity index (χ0n) is 6.36. The average molecular weight is 223 g/mol. The van der Waals surface area contributed by atoms with Gasteiger partial charge in [0.1, 0.15) is 0 Å². The second-order valence-electron chi connectivity index (χ2n) is 2.13. The van der Waals surface area contributed by atoms with Gasteiger partial charge in [0.05, 0.1) is 10.7 Å². The smallest absolute Gasteiger partial charge is 0.291 e. The number of nitrogens with two attached hydrogens (primary N) is 1. The van der Waals surface area contributed by atoms with Crippen LogP contribution in [0.15, 0.2) is 18.5 Å². The standard InChI is InChI=1S/C5H7ClN4O2S/c6-4-3-8-2-1-5(4)9-10-13(7,11)12/h1-3,10H,(H,8,9)(H2,7,11,12). The number of pyridine rings is 1. The zero-order valence-corrected chi connectivity index (χ0v) is 7.93. The third kappa shape index (κ3) is 3.55. The van der Waals surface area contributed by atoms with E-state index in [0.29, 0.717) is 10.7 Å². The number of hydrazine groups is 1. The topological polar surface area (TPSA) is 97.1 Å². The molecule has 1 aromatic heterocycles. The van der Waals surface area contributed by atoms with Crippen molar-refractivity contribution in [3.63, 3.8) is 0 Å². The van der Waals surface area contributed by atoms with Crippen molar-refractivity contribution in [1.82, 2.24) is 9.82 Å². The van der Waals surface area contributed by atoms with Crippen LogP contribution < -0.4 is 15.4 Å². The molecule has 0 fully saturated rings. The highest BCUT2D eigenvalue weighted by Gasteiger charge is 2.02. The van der Waals surface area contributed by atoms with Gasteiger partial charge in [0.2, 0.25) is 0 Å². The molecule has 72 valence electrons. The minimum absolute atomic E-state index is 0.290. The molecule has 8 heteroatoms. The van der Waals surface area contributed by atoms with E-state index >= 15 is 0 Å². The van der Waals surface area contributed by atoms with Crippen molar-refractivity contribution < 1.29 is 8.42 Å². The Bertz CT molecular complexity index is 393. The molecule has 0 atom stereocenters. The Labute approximate surface area is 80.3 Å². The first-order valence-corrected chi connectivity index (χ1v) is 5.06. The summed E-state index contributed by atoms with van der Waals surface area (Å²) in [6.45, 7) is 0. The molecule has 0 saturated carbocycles. The zero-order chi connectivity index (χ0) is 9.90. The minimum Gasteiger partial charge on any atom is -0.305 e. The van der Waals surface area contributed by atoms with Crippen LogP contribution >= 0.6 is 11.6 Å². The second-order valence-corrected chi connectivity index (χ2v) is 3.83. The molecule has 0 aliphatic heterocycles. The van der Waals surface area contributed by atoms with Gasteiger partial charge < -0.3 is 5.43 Å². The van der Waals surface area contributed by atoms with Crippen LogP contribution in [0.1, 0.15) is 0 Å². The Kier molecular flexibility index (Phi) is 3.04. The molecule has 0 bridgehead atoms. The highest BCUT2D eigenvalue weighted by atomic mass is 35.5. The van der Waals surface area contributed by atoms with Gasteiger partial charge in [0, 0.05) is 12.4 Å². The van der Waals surface area contributed by atoms with Gasteiger partial charge in [0.15, 0.2) is 0 Å². The third-order valence-corrected chi connectivity index (χ3v) is 1.79. The Morgan fingerprint density at radius 1 is 1.54 bits per heavy atom. The monoisotopic (exact) mass is 222 g/mol. The molecule has 0 radical (unpaired) electrons. The maximum absolute atomic E-state index is 10.5. The van der Waals surface area contributed by atoms with Crippen molar-refractivity contribution in [3.8, 4) is 0 Å². The van der Waals surface area contributed by atoms with E-state index in [0.717, 1.165) is 0 Å². The number of nitrogens with zero attached hydrogens (tertiary/aromatic N) is 1. The number of anilines is 1. The molecule has 0 saturated heterocycles. The lowest BCUT2D eigenvalue weighted by atomic mass is 10.4. The maximum Gasteiger partial charge on any atom is 0.291 e. The van der Waals surface area contributed by atoms with E-state index < -0.39 is 10.2 Å². The number of aromatic nitrogens is 1. The largest absolute Gasteiger partial charge is 0.305 e. The molecule has 4 N–H and O–H groups in total. The predicted octanol–water partition coefficient (Wildman–Crippen LogP) is -0.145. The van der Waals surface area contributed by atoms with Crippen molar-refractivity contribution in [2.75, 3.05) is 5.43 Å². The van der Waals surface area contributed by atoms with Crippen LogP contribution in [0.25, 0.3) is 0 Å². The summed E-state index contributed by atoms with van der Waals surface area (Å²) in [4.78, 5) is 5.58. The first kappa shape index (κ1) is 10.2. The van der Waals surface area contributed by atoms with Crippen molar-refractivity contribution in [2.45, 2.75) is 0 Å². The van der Waals surface area contributed by atoms with E-state index in [-0.39, 0.29) is 0 Å². The third-order valence-electron chi connectivity index (χ3n) is 1.10. The summed E-state index contributed by atoms with van der Waals surface area (Å²) >= 11 is 5.65. The summed E-state index contributed by atoms with van der Waals surface area (Å²) in [5, 5.41) is 4.96. The molecule has 0 unspecified atom stereocenters. The quantitative estimate of drug-likeness (QED) is 0.620. The van der Waals surface area contributed by atoms with Crippen molar-refractivity contribution in [2.24, 2.45) is 5.14 Å². The van der Waals surface area contributed by atoms with Crippen molar-refractivity contribution >= 4 is 27.5 Å². The van der Waals surface area contributed by atoms with E-state index in [4.69, 9.17) is 11.6 Å². The SMILES string of the molecule is NS(=O)(=O)NNc1ccncc1Cl. The van der Waals surface area contributed by atoms with Crippen LogP contribution in [0.5, 0.6) is 0 Å². The number of rotatable bonds is 3. The van der Waals surface area contributed by atoms with Crippen LogP contribution in [0.4, 0.5) is 5.69 Å². The number of hydrogen-bond donors (Lipinski definition) is 3. The number of nitrogens with one attached hydrogen (secondary N) is 2. The molecule has 1 aromatic rings. The van der Waals surface area contributed by atoms with Gasteiger partial charge in [-0.3, -0.25) is 4.98 Å². The lowest BCUT2D eigenvalue weighted by Crippen LogP contribution is -2.35. The lowest BCUT2D eigenvalue weighted by molar-refractivity contribution is 0.589. The summed E-state index contributed by atoms with van der Waals surface area (Å²) in [6.07, 6.45) is 2.83. The first-order valence-electron chi connectivity index (χ1n) is 3.14. The molecular weight excluding hydrogens is 216 g/mol. The van der Waals surface area contributed by atoms with Crippen molar-refractivity contribution in [3.05, 3.63) is 23.5 Å². The van der Waals surface area contributed by atoms with Crippen LogP contribution in [-0.2, 0) is 10.2 Å². The van der Waals surface area contributed by atoms with E-state index in [2.05, 4.69) is 15.5 Å². The van der Waals surface area contributed by atoms with Gasteiger partial charge in [-0.05, 0) is 6.07 Å². The molecule has 0 aromatic carbocycles. The van der Waals surface area contributed by atoms with Crippen LogP contribution in [-0.4, -0.2) is 13.4 Å². The van der Waals surface area contributed by atoms with E-state index in [1.54, 1.807) is 0 Å². The fourth-order valence-electron chi connectivity index (χ4n) is 0.603. The molecule has 0 spiro atoms. The normalized spacial score (nSPS) is 11.2. The highest BCUT2D eigenvalue weighted by molar-refractivity contribution is 7.87. The van der Waals surface area contributed by atoms with Gasteiger partial charge in [-0.25, -0.2) is 5.14 Å². The van der Waals surface area contributed by atoms with Gasteiger partial charge in [-0.1, -0.05) is 11.6 Å². The minimum atomic E-state index is -3.78. The Morgan fingerprint density at radius 2 is 2.23 bits per heavy atom. The fourth-order valence-corrected chi connectivity index (χ4v) is 1.02. The fraction of sp³-hybridized carbons (Fsp3) is 0. The number of halogens is 1. The predicted molar refractivity (Wildman–Crippen MR) is 49.1 cm³/mol. The van der Waals surface area contributed by atoms with Gasteiger partial charge in [-0.15, -0.1) is 4.83 Å². The average Bonchev–Trinajstić information content (AvgIpc) is 2.01. The molecule has 0 amide bonds. The molecule has 13 heavy (non-hydrogen) atoms. The Hall–Kier alpha value is -0.890. The van der Waals surface area contributed by atoms with E-state index in [9.17, 15) is 8.42 Å². The van der Waals surface area contributed by atoms with Crippen LogP contribution in [0, 0.1) is 0 Å². The highest BCUT2D eigenvalue weighted by Crippen LogP contribution is 2.17. The maximum atomic E-state index is 10.5. The van der Waals surface area contributed by atoms with Gasteiger partial charge >= 0.3 is 0 Å². The second kappa shape index (κ2) is 3.88. The van der Waals surface area contributed by atoms with Crippen molar-refractivity contribution in [1.29, 1.82) is 0 Å². The van der Waals surface area contributed by atoms with Crippen LogP contribution in [0.2, 0.25) is 5.02 Å². The summed E-state index contributed by atoms with van der Waals surface area (Å²) in [6, 6.07) is 1.50. The van der Waals surface area contributed by atoms with Gasteiger partial charge in [-0.2, -0.15) is 8.42 Å². The Morgan fingerprint density at radius 3 is 2.77 bits per heavy atom. The molecule has 6 nitrogen and oxygen atoms in total. The van der Waals surface area contributed by atoms with E-state index in [1.165, 1.54) is 18.5 Å². The lowest BCUT2D eigenvalue weighted by Gasteiger charge is -2.06.